The molecule has 0 saturated carbocycles. The summed E-state index contributed by atoms with van der Waals surface area (Å²) in [5.41, 5.74) is 1.99. The van der Waals surface area contributed by atoms with Gasteiger partial charge in [0.25, 0.3) is 0 Å². The van der Waals surface area contributed by atoms with Crippen molar-refractivity contribution in [1.82, 2.24) is 9.31 Å². The summed E-state index contributed by atoms with van der Waals surface area (Å²) in [4.78, 5) is 0.971. The van der Waals surface area contributed by atoms with Crippen LogP contribution in [0.3, 0.4) is 0 Å². The van der Waals surface area contributed by atoms with Gasteiger partial charge in [-0.3, -0.25) is 0 Å². The van der Waals surface area contributed by atoms with Crippen LogP contribution in [0.1, 0.15) is 30.2 Å². The average molecular weight is 471 g/mol. The lowest BCUT2D eigenvalue weighted by molar-refractivity contribution is 0.443. The Morgan fingerprint density at radius 2 is 1.97 bits per heavy atom. The quantitative estimate of drug-likeness (QED) is 0.460. The second-order valence-corrected chi connectivity index (χ2v) is 10.4. The van der Waals surface area contributed by atoms with Gasteiger partial charge in [-0.25, -0.2) is 5.01 Å². The number of hydrazone groups is 1. The first kappa shape index (κ1) is 22.3. The molecule has 0 radical (unpaired) electrons. The SMILES string of the molecule is CCN(CC)S(=O)(=O)N=C(SC)N1CC(c2ccccc2)C(c2ccc(Cl)s2)=N1. The standard InChI is InChI=1S/C19H23ClN4O2S3/c1-4-23(5-2)29(25,26)22-19(27-3)24-13-15(14-9-7-6-8-10-14)18(21-24)16-11-12-17(20)28-16/h6-12,15H,4-5,13H2,1-3H3. The minimum atomic E-state index is -3.76. The lowest BCUT2D eigenvalue weighted by Gasteiger charge is -2.19. The molecule has 3 rings (SSSR count). The fourth-order valence-electron chi connectivity index (χ4n) is 3.14. The van der Waals surface area contributed by atoms with Gasteiger partial charge in [-0.2, -0.15) is 17.8 Å². The Morgan fingerprint density at radius 3 is 2.52 bits per heavy atom. The van der Waals surface area contributed by atoms with Crippen LogP contribution in [0.25, 0.3) is 0 Å². The van der Waals surface area contributed by atoms with Crippen LogP contribution < -0.4 is 0 Å². The molecule has 156 valence electrons. The first-order valence-electron chi connectivity index (χ1n) is 9.20. The third-order valence-corrected chi connectivity index (χ3v) is 8.18. The van der Waals surface area contributed by atoms with Crippen molar-refractivity contribution in [2.45, 2.75) is 19.8 Å². The summed E-state index contributed by atoms with van der Waals surface area (Å²) in [5, 5.41) is 6.81. The van der Waals surface area contributed by atoms with Crippen LogP contribution in [-0.2, 0) is 10.2 Å². The van der Waals surface area contributed by atoms with E-state index in [4.69, 9.17) is 16.7 Å². The highest BCUT2D eigenvalue weighted by Crippen LogP contribution is 2.34. The zero-order valence-electron chi connectivity index (χ0n) is 16.4. The van der Waals surface area contributed by atoms with E-state index in [1.807, 2.05) is 36.6 Å². The van der Waals surface area contributed by atoms with E-state index in [-0.39, 0.29) is 5.92 Å². The minimum absolute atomic E-state index is 0.000533. The molecule has 0 saturated heterocycles. The predicted octanol–water partition coefficient (Wildman–Crippen LogP) is 4.51. The molecule has 0 amide bonds. The summed E-state index contributed by atoms with van der Waals surface area (Å²) in [5.74, 6) is -0.000533. The van der Waals surface area contributed by atoms with Crippen molar-refractivity contribution in [3.63, 3.8) is 0 Å². The molecule has 0 bridgehead atoms. The van der Waals surface area contributed by atoms with Crippen molar-refractivity contribution < 1.29 is 8.42 Å². The lowest BCUT2D eigenvalue weighted by Crippen LogP contribution is -2.32. The average Bonchev–Trinajstić information content (AvgIpc) is 3.34. The minimum Gasteiger partial charge on any atom is -0.240 e. The summed E-state index contributed by atoms with van der Waals surface area (Å²) >= 11 is 8.89. The third-order valence-electron chi connectivity index (χ3n) is 4.57. The van der Waals surface area contributed by atoms with Gasteiger partial charge in [0.2, 0.25) is 0 Å². The molecular formula is C19H23ClN4O2S3. The smallest absolute Gasteiger partial charge is 0.240 e. The second-order valence-electron chi connectivity index (χ2n) is 6.27. The van der Waals surface area contributed by atoms with E-state index in [2.05, 4.69) is 16.5 Å². The molecule has 0 fully saturated rings. The van der Waals surface area contributed by atoms with E-state index in [9.17, 15) is 8.42 Å². The van der Waals surface area contributed by atoms with Crippen molar-refractivity contribution in [3.8, 4) is 0 Å². The van der Waals surface area contributed by atoms with Gasteiger partial charge >= 0.3 is 10.2 Å². The molecule has 0 spiro atoms. The van der Waals surface area contributed by atoms with Gasteiger partial charge in [0.05, 0.1) is 21.5 Å². The molecule has 1 atom stereocenters. The second kappa shape index (κ2) is 9.61. The molecule has 0 N–H and O–H groups in total. The van der Waals surface area contributed by atoms with Crippen molar-refractivity contribution >= 4 is 55.8 Å². The summed E-state index contributed by atoms with van der Waals surface area (Å²) in [6, 6.07) is 13.9. The zero-order chi connectivity index (χ0) is 21.0. The van der Waals surface area contributed by atoms with Crippen molar-refractivity contribution in [2.24, 2.45) is 9.50 Å². The Kier molecular flexibility index (Phi) is 7.39. The Bertz CT molecular complexity index is 1000. The van der Waals surface area contributed by atoms with Crippen molar-refractivity contribution in [2.75, 3.05) is 25.9 Å². The molecule has 1 aromatic heterocycles. The third kappa shape index (κ3) is 5.03. The number of hydrogen-bond donors (Lipinski definition) is 0. The zero-order valence-corrected chi connectivity index (χ0v) is 19.7. The van der Waals surface area contributed by atoms with Gasteiger partial charge in [-0.05, 0) is 24.0 Å². The van der Waals surface area contributed by atoms with Gasteiger partial charge in [0.1, 0.15) is 0 Å². The first-order chi connectivity index (χ1) is 13.9. The molecule has 0 aliphatic carbocycles. The number of halogens is 1. The van der Waals surface area contributed by atoms with Gasteiger partial charge in [-0.1, -0.05) is 67.5 Å². The van der Waals surface area contributed by atoms with Gasteiger partial charge in [0, 0.05) is 19.0 Å². The fourth-order valence-corrected chi connectivity index (χ4v) is 6.19. The molecule has 29 heavy (non-hydrogen) atoms. The summed E-state index contributed by atoms with van der Waals surface area (Å²) in [6.45, 7) is 4.86. The molecule has 2 aromatic rings. The number of amidine groups is 1. The number of thioether (sulfide) groups is 1. The maximum Gasteiger partial charge on any atom is 0.324 e. The van der Waals surface area contributed by atoms with Gasteiger partial charge in [-0.15, -0.1) is 15.7 Å². The first-order valence-corrected chi connectivity index (χ1v) is 13.0. The van der Waals surface area contributed by atoms with Crippen molar-refractivity contribution in [1.29, 1.82) is 0 Å². The van der Waals surface area contributed by atoms with E-state index in [1.54, 1.807) is 18.9 Å². The highest BCUT2D eigenvalue weighted by atomic mass is 35.5. The topological polar surface area (TPSA) is 65.3 Å². The summed E-state index contributed by atoms with van der Waals surface area (Å²) in [7, 11) is -3.76. The molecule has 6 nitrogen and oxygen atoms in total. The maximum atomic E-state index is 12.7. The Hall–Kier alpha value is -1.39. The molecule has 10 heteroatoms. The number of benzene rings is 1. The van der Waals surface area contributed by atoms with Crippen LogP contribution in [0.15, 0.2) is 52.0 Å². The number of nitrogens with zero attached hydrogens (tertiary/aromatic N) is 4. The van der Waals surface area contributed by atoms with Crippen LogP contribution in [0.4, 0.5) is 0 Å². The maximum absolute atomic E-state index is 12.7. The van der Waals surface area contributed by atoms with E-state index >= 15 is 0 Å². The number of rotatable bonds is 6. The van der Waals surface area contributed by atoms with E-state index in [1.165, 1.54) is 27.4 Å². The van der Waals surface area contributed by atoms with E-state index in [0.29, 0.717) is 29.1 Å². The van der Waals surface area contributed by atoms with Crippen LogP contribution in [-0.4, -0.2) is 54.5 Å². The summed E-state index contributed by atoms with van der Waals surface area (Å²) < 4.78 is 31.4. The Labute approximate surface area is 185 Å². The van der Waals surface area contributed by atoms with E-state index < -0.39 is 10.2 Å². The van der Waals surface area contributed by atoms with Crippen LogP contribution in [0, 0.1) is 0 Å². The normalized spacial score (nSPS) is 17.8. The number of thiophene rings is 1. The van der Waals surface area contributed by atoms with Gasteiger partial charge < -0.3 is 0 Å². The molecule has 1 aliphatic rings. The molecule has 2 heterocycles. The fraction of sp³-hybridized carbons (Fsp3) is 0.368. The number of hydrogen-bond acceptors (Lipinski definition) is 5. The van der Waals surface area contributed by atoms with Gasteiger partial charge in [0.15, 0.2) is 5.17 Å². The van der Waals surface area contributed by atoms with Crippen LogP contribution in [0.2, 0.25) is 4.34 Å². The molecule has 1 unspecified atom stereocenters. The molecule has 1 aromatic carbocycles. The highest BCUT2D eigenvalue weighted by Gasteiger charge is 2.33. The predicted molar refractivity (Wildman–Crippen MR) is 125 cm³/mol. The van der Waals surface area contributed by atoms with E-state index in [0.717, 1.165) is 16.2 Å². The molecular weight excluding hydrogens is 448 g/mol. The van der Waals surface area contributed by atoms with Crippen molar-refractivity contribution in [3.05, 3.63) is 57.2 Å². The largest absolute Gasteiger partial charge is 0.324 e. The lowest BCUT2D eigenvalue weighted by atomic mass is 9.94. The summed E-state index contributed by atoms with van der Waals surface area (Å²) in [6.07, 6.45) is 1.81. The van der Waals surface area contributed by atoms with Crippen LogP contribution >= 0.6 is 34.7 Å². The van der Waals surface area contributed by atoms with Crippen LogP contribution in [0.5, 0.6) is 0 Å². The highest BCUT2D eigenvalue weighted by molar-refractivity contribution is 8.13. The Balaban J connectivity index is 2.01. The molecule has 1 aliphatic heterocycles. The monoisotopic (exact) mass is 470 g/mol. The Morgan fingerprint density at radius 1 is 1.28 bits per heavy atom.